The van der Waals surface area contributed by atoms with Gasteiger partial charge in [-0.2, -0.15) is 5.10 Å². The highest BCUT2D eigenvalue weighted by Crippen LogP contribution is 2.15. The van der Waals surface area contributed by atoms with Crippen LogP contribution in [0.4, 0.5) is 0 Å². The van der Waals surface area contributed by atoms with Gasteiger partial charge in [0.2, 0.25) is 0 Å². The molecular weight excluding hydrogens is 316 g/mol. The first-order valence-electron chi connectivity index (χ1n) is 6.37. The second-order valence-electron chi connectivity index (χ2n) is 4.27. The van der Waals surface area contributed by atoms with Crippen LogP contribution in [0.5, 0.6) is 0 Å². The number of halogens is 1. The van der Waals surface area contributed by atoms with Crippen LogP contribution in [0.1, 0.15) is 28.4 Å². The highest BCUT2D eigenvalue weighted by molar-refractivity contribution is 9.10. The summed E-state index contributed by atoms with van der Waals surface area (Å²) in [6, 6.07) is 15.3. The quantitative estimate of drug-likeness (QED) is 0.672. The molecule has 0 aliphatic carbocycles. The predicted octanol–water partition coefficient (Wildman–Crippen LogP) is 3.78. The van der Waals surface area contributed by atoms with Crippen LogP contribution >= 0.6 is 15.9 Å². The van der Waals surface area contributed by atoms with Crippen molar-refractivity contribution in [2.75, 3.05) is 0 Å². The number of hydrazone groups is 1. The van der Waals surface area contributed by atoms with Gasteiger partial charge in [0, 0.05) is 4.47 Å². The summed E-state index contributed by atoms with van der Waals surface area (Å²) in [4.78, 5) is 11.9. The number of benzene rings is 2. The van der Waals surface area contributed by atoms with Crippen LogP contribution in [-0.4, -0.2) is 12.1 Å². The first-order chi connectivity index (χ1) is 9.70. The summed E-state index contributed by atoms with van der Waals surface area (Å²) < 4.78 is 0.750. The van der Waals surface area contributed by atoms with Crippen molar-refractivity contribution < 1.29 is 4.79 Å². The van der Waals surface area contributed by atoms with E-state index in [-0.39, 0.29) is 5.91 Å². The van der Waals surface area contributed by atoms with Crippen LogP contribution < -0.4 is 5.43 Å². The Kier molecular flexibility index (Phi) is 5.07. The van der Waals surface area contributed by atoms with E-state index in [1.165, 1.54) is 5.56 Å². The molecule has 2 aromatic carbocycles. The lowest BCUT2D eigenvalue weighted by atomic mass is 10.1. The molecule has 0 saturated heterocycles. The Morgan fingerprint density at radius 3 is 2.55 bits per heavy atom. The summed E-state index contributed by atoms with van der Waals surface area (Å²) in [7, 11) is 0. The summed E-state index contributed by atoms with van der Waals surface area (Å²) >= 11 is 3.34. The van der Waals surface area contributed by atoms with Crippen LogP contribution in [0.25, 0.3) is 0 Å². The maximum absolute atomic E-state index is 11.9. The smallest absolute Gasteiger partial charge is 0.267 e. The van der Waals surface area contributed by atoms with Gasteiger partial charge in [0.25, 0.3) is 5.91 Å². The molecule has 0 aliphatic heterocycles. The van der Waals surface area contributed by atoms with E-state index in [0.29, 0.717) is 5.56 Å². The Hall–Kier alpha value is -1.94. The van der Waals surface area contributed by atoms with Crippen molar-refractivity contribution in [1.29, 1.82) is 0 Å². The average molecular weight is 331 g/mol. The van der Waals surface area contributed by atoms with Crippen LogP contribution in [0.3, 0.4) is 0 Å². The van der Waals surface area contributed by atoms with E-state index in [1.807, 2.05) is 30.3 Å². The molecule has 1 N–H and O–H groups in total. The normalized spacial score (nSPS) is 10.7. The molecule has 0 spiro atoms. The number of nitrogens with zero attached hydrogens (tertiary/aromatic N) is 1. The second-order valence-corrected chi connectivity index (χ2v) is 5.13. The summed E-state index contributed by atoms with van der Waals surface area (Å²) in [6.45, 7) is 2.11. The molecule has 4 heteroatoms. The molecule has 0 aliphatic rings. The molecule has 0 saturated carbocycles. The van der Waals surface area contributed by atoms with Gasteiger partial charge in [-0.1, -0.05) is 43.3 Å². The molecule has 0 radical (unpaired) electrons. The number of aryl methyl sites for hydroxylation is 1. The number of carbonyl (C=O) groups is 1. The minimum Gasteiger partial charge on any atom is -0.267 e. The third-order valence-corrected chi connectivity index (χ3v) is 3.58. The molecule has 0 bridgehead atoms. The minimum absolute atomic E-state index is 0.237. The lowest BCUT2D eigenvalue weighted by Gasteiger charge is -2.02. The standard InChI is InChI=1S/C16H15BrN2O/c1-2-12-7-9-13(10-8-12)11-18-19-16(20)14-5-3-4-6-15(14)17/h3-11H,2H2,1H3,(H,19,20)/b18-11-. The van der Waals surface area contributed by atoms with Gasteiger partial charge in [-0.05, 0) is 45.6 Å². The van der Waals surface area contributed by atoms with Crippen LogP contribution in [0, 0.1) is 0 Å². The molecular formula is C16H15BrN2O. The Balaban J connectivity index is 1.99. The van der Waals surface area contributed by atoms with Crippen molar-refractivity contribution in [3.8, 4) is 0 Å². The number of carbonyl (C=O) groups excluding carboxylic acids is 1. The SMILES string of the molecule is CCc1ccc(/C=N\NC(=O)c2ccccc2Br)cc1. The van der Waals surface area contributed by atoms with E-state index in [0.717, 1.165) is 16.5 Å². The monoisotopic (exact) mass is 330 g/mol. The molecule has 0 aromatic heterocycles. The van der Waals surface area contributed by atoms with E-state index < -0.39 is 0 Å². The second kappa shape index (κ2) is 7.01. The molecule has 0 fully saturated rings. The number of amides is 1. The average Bonchev–Trinajstić information content (AvgIpc) is 2.48. The van der Waals surface area contributed by atoms with E-state index in [1.54, 1.807) is 12.3 Å². The minimum atomic E-state index is -0.237. The van der Waals surface area contributed by atoms with E-state index in [4.69, 9.17) is 0 Å². The lowest BCUT2D eigenvalue weighted by molar-refractivity contribution is 0.0954. The molecule has 20 heavy (non-hydrogen) atoms. The first-order valence-corrected chi connectivity index (χ1v) is 7.17. The Morgan fingerprint density at radius 2 is 1.90 bits per heavy atom. The molecule has 0 atom stereocenters. The molecule has 2 aromatic rings. The number of rotatable bonds is 4. The third-order valence-electron chi connectivity index (χ3n) is 2.89. The summed E-state index contributed by atoms with van der Waals surface area (Å²) in [6.07, 6.45) is 2.64. The van der Waals surface area contributed by atoms with Crippen molar-refractivity contribution >= 4 is 28.1 Å². The van der Waals surface area contributed by atoms with Crippen molar-refractivity contribution in [2.45, 2.75) is 13.3 Å². The lowest BCUT2D eigenvalue weighted by Crippen LogP contribution is -2.18. The van der Waals surface area contributed by atoms with Gasteiger partial charge in [-0.3, -0.25) is 4.79 Å². The molecule has 102 valence electrons. The zero-order valence-electron chi connectivity index (χ0n) is 11.1. The summed E-state index contributed by atoms with van der Waals surface area (Å²) in [5, 5.41) is 3.97. The van der Waals surface area contributed by atoms with Crippen molar-refractivity contribution in [3.05, 3.63) is 69.7 Å². The molecule has 0 heterocycles. The number of hydrogen-bond acceptors (Lipinski definition) is 2. The van der Waals surface area contributed by atoms with E-state index in [2.05, 4.69) is 45.5 Å². The molecule has 2 rings (SSSR count). The van der Waals surface area contributed by atoms with Crippen molar-refractivity contribution in [1.82, 2.24) is 5.43 Å². The van der Waals surface area contributed by atoms with Gasteiger partial charge in [0.15, 0.2) is 0 Å². The largest absolute Gasteiger partial charge is 0.272 e. The topological polar surface area (TPSA) is 41.5 Å². The fraction of sp³-hybridized carbons (Fsp3) is 0.125. The van der Waals surface area contributed by atoms with Gasteiger partial charge >= 0.3 is 0 Å². The fourth-order valence-electron chi connectivity index (χ4n) is 1.71. The van der Waals surface area contributed by atoms with Crippen molar-refractivity contribution in [3.63, 3.8) is 0 Å². The summed E-state index contributed by atoms with van der Waals surface area (Å²) in [5.74, 6) is -0.237. The van der Waals surface area contributed by atoms with Crippen LogP contribution in [0.2, 0.25) is 0 Å². The van der Waals surface area contributed by atoms with Gasteiger partial charge in [0.05, 0.1) is 11.8 Å². The Bertz CT molecular complexity index is 621. The van der Waals surface area contributed by atoms with Crippen LogP contribution in [-0.2, 0) is 6.42 Å². The fourth-order valence-corrected chi connectivity index (χ4v) is 2.18. The van der Waals surface area contributed by atoms with Crippen molar-refractivity contribution in [2.24, 2.45) is 5.10 Å². The molecule has 0 unspecified atom stereocenters. The molecule has 3 nitrogen and oxygen atoms in total. The van der Waals surface area contributed by atoms with Gasteiger partial charge < -0.3 is 0 Å². The summed E-state index contributed by atoms with van der Waals surface area (Å²) in [5.41, 5.74) is 5.31. The number of hydrogen-bond donors (Lipinski definition) is 1. The highest BCUT2D eigenvalue weighted by Gasteiger charge is 2.07. The highest BCUT2D eigenvalue weighted by atomic mass is 79.9. The first kappa shape index (κ1) is 14.5. The van der Waals surface area contributed by atoms with Crippen LogP contribution in [0.15, 0.2) is 58.1 Å². The van der Waals surface area contributed by atoms with Gasteiger partial charge in [0.1, 0.15) is 0 Å². The van der Waals surface area contributed by atoms with Gasteiger partial charge in [-0.25, -0.2) is 5.43 Å². The van der Waals surface area contributed by atoms with Gasteiger partial charge in [-0.15, -0.1) is 0 Å². The Labute approximate surface area is 126 Å². The molecule has 1 amide bonds. The predicted molar refractivity (Wildman–Crippen MR) is 85.0 cm³/mol. The zero-order valence-corrected chi connectivity index (χ0v) is 12.7. The maximum Gasteiger partial charge on any atom is 0.272 e. The maximum atomic E-state index is 11.9. The van der Waals surface area contributed by atoms with E-state index in [9.17, 15) is 4.79 Å². The van der Waals surface area contributed by atoms with E-state index >= 15 is 0 Å². The number of nitrogens with one attached hydrogen (secondary N) is 1. The third kappa shape index (κ3) is 3.78. The zero-order chi connectivity index (χ0) is 14.4. The Morgan fingerprint density at radius 1 is 1.20 bits per heavy atom.